The van der Waals surface area contributed by atoms with Crippen LogP contribution in [0, 0.1) is 17.8 Å². The number of ketones is 3. The van der Waals surface area contributed by atoms with Crippen LogP contribution in [0.5, 0.6) is 5.75 Å². The van der Waals surface area contributed by atoms with E-state index in [1.807, 2.05) is 0 Å². The Morgan fingerprint density at radius 1 is 1.17 bits per heavy atom. The second-order valence-electron chi connectivity index (χ2n) is 6.24. The van der Waals surface area contributed by atoms with Gasteiger partial charge >= 0.3 is 10.1 Å². The highest BCUT2D eigenvalue weighted by Crippen LogP contribution is 2.41. The van der Waals surface area contributed by atoms with E-state index in [2.05, 4.69) is 0 Å². The highest BCUT2D eigenvalue weighted by Gasteiger charge is 2.50. The van der Waals surface area contributed by atoms with Crippen molar-refractivity contribution in [3.63, 3.8) is 0 Å². The summed E-state index contributed by atoms with van der Waals surface area (Å²) in [4.78, 5) is 37.4. The first-order valence-electron chi connectivity index (χ1n) is 7.48. The number of Topliss-reactive ketones (excluding diaryl/α,β-unsaturated/α-hetero) is 3. The molecule has 24 heavy (non-hydrogen) atoms. The first kappa shape index (κ1) is 17.1. The topological polar surface area (TPSA) is 94.6 Å². The van der Waals surface area contributed by atoms with Crippen molar-refractivity contribution in [2.45, 2.75) is 19.3 Å². The Labute approximate surface area is 144 Å². The lowest BCUT2D eigenvalue weighted by Crippen LogP contribution is -2.41. The fraction of sp³-hybridized carbons (Fsp3) is 0.438. The molecule has 2 fully saturated rings. The Hall–Kier alpha value is -1.73. The molecule has 6 nitrogen and oxygen atoms in total. The van der Waals surface area contributed by atoms with Gasteiger partial charge in [0, 0.05) is 23.5 Å². The summed E-state index contributed by atoms with van der Waals surface area (Å²) in [6, 6.07) is 3.73. The number of carbonyl (C=O) groups is 3. The monoisotopic (exact) mass is 370 g/mol. The minimum Gasteiger partial charge on any atom is -0.383 e. The molecule has 2 unspecified atom stereocenters. The number of rotatable bonds is 4. The Bertz CT molecular complexity index is 822. The van der Waals surface area contributed by atoms with Crippen LogP contribution in [0.25, 0.3) is 0 Å². The van der Waals surface area contributed by atoms with Crippen LogP contribution < -0.4 is 4.18 Å². The molecule has 0 aliphatic heterocycles. The fourth-order valence-electron chi connectivity index (χ4n) is 3.45. The third kappa shape index (κ3) is 3.10. The van der Waals surface area contributed by atoms with E-state index >= 15 is 0 Å². The number of fused-ring (bicyclic) bond motifs is 2. The van der Waals surface area contributed by atoms with E-state index in [0.29, 0.717) is 19.3 Å². The Morgan fingerprint density at radius 3 is 2.25 bits per heavy atom. The van der Waals surface area contributed by atoms with Crippen molar-refractivity contribution < 1.29 is 27.0 Å². The summed E-state index contributed by atoms with van der Waals surface area (Å²) in [5, 5.41) is -0.0559. The van der Waals surface area contributed by atoms with Crippen LogP contribution in [0.1, 0.15) is 29.6 Å². The van der Waals surface area contributed by atoms with Crippen LogP contribution in [0.3, 0.4) is 0 Å². The third-order valence-electron chi connectivity index (χ3n) is 4.52. The van der Waals surface area contributed by atoms with Crippen molar-refractivity contribution in [2.75, 3.05) is 6.26 Å². The average molecular weight is 371 g/mol. The van der Waals surface area contributed by atoms with Gasteiger partial charge in [-0.1, -0.05) is 11.6 Å². The van der Waals surface area contributed by atoms with Crippen LogP contribution >= 0.6 is 11.6 Å². The predicted molar refractivity (Wildman–Crippen MR) is 85.6 cm³/mol. The number of halogens is 1. The highest BCUT2D eigenvalue weighted by molar-refractivity contribution is 7.86. The number of hydrogen-bond acceptors (Lipinski definition) is 6. The summed E-state index contributed by atoms with van der Waals surface area (Å²) in [5.74, 6) is -3.08. The zero-order chi connectivity index (χ0) is 17.6. The molecule has 0 heterocycles. The molecule has 2 bridgehead atoms. The first-order valence-corrected chi connectivity index (χ1v) is 9.67. The zero-order valence-corrected chi connectivity index (χ0v) is 14.4. The summed E-state index contributed by atoms with van der Waals surface area (Å²) < 4.78 is 26.9. The zero-order valence-electron chi connectivity index (χ0n) is 12.8. The average Bonchev–Trinajstić information content (AvgIpc) is 2.90. The minimum atomic E-state index is -3.72. The van der Waals surface area contributed by atoms with Gasteiger partial charge in [-0.25, -0.2) is 0 Å². The molecule has 0 amide bonds. The van der Waals surface area contributed by atoms with Crippen molar-refractivity contribution in [1.29, 1.82) is 0 Å². The van der Waals surface area contributed by atoms with E-state index in [4.69, 9.17) is 15.8 Å². The second kappa shape index (κ2) is 5.97. The smallest absolute Gasteiger partial charge is 0.306 e. The minimum absolute atomic E-state index is 0.0190. The van der Waals surface area contributed by atoms with E-state index in [9.17, 15) is 22.8 Å². The van der Waals surface area contributed by atoms with E-state index in [-0.39, 0.29) is 39.7 Å². The molecule has 2 atom stereocenters. The van der Waals surface area contributed by atoms with E-state index in [0.717, 1.165) is 6.26 Å². The Kier molecular flexibility index (Phi) is 4.25. The molecule has 2 aliphatic rings. The maximum atomic E-state index is 12.7. The van der Waals surface area contributed by atoms with Crippen LogP contribution in [0.2, 0.25) is 5.02 Å². The lowest BCUT2D eigenvalue weighted by Gasteiger charge is -2.24. The molecule has 0 N–H and O–H groups in total. The van der Waals surface area contributed by atoms with Gasteiger partial charge in [-0.2, -0.15) is 8.42 Å². The molecular weight excluding hydrogens is 356 g/mol. The van der Waals surface area contributed by atoms with Gasteiger partial charge in [0.25, 0.3) is 0 Å². The van der Waals surface area contributed by atoms with Gasteiger partial charge in [-0.15, -0.1) is 0 Å². The molecule has 0 radical (unpaired) electrons. The summed E-state index contributed by atoms with van der Waals surface area (Å²) in [7, 11) is -3.72. The molecule has 1 aromatic rings. The Morgan fingerprint density at radius 2 is 1.75 bits per heavy atom. The van der Waals surface area contributed by atoms with Gasteiger partial charge < -0.3 is 4.18 Å². The van der Waals surface area contributed by atoms with Crippen LogP contribution in [0.4, 0.5) is 0 Å². The molecule has 0 saturated heterocycles. The third-order valence-corrected chi connectivity index (χ3v) is 5.33. The van der Waals surface area contributed by atoms with Gasteiger partial charge in [0.05, 0.1) is 11.3 Å². The molecule has 0 aromatic heterocycles. The Balaban J connectivity index is 1.90. The van der Waals surface area contributed by atoms with E-state index < -0.39 is 21.8 Å². The lowest BCUT2D eigenvalue weighted by molar-refractivity contribution is -0.137. The molecule has 128 valence electrons. The van der Waals surface area contributed by atoms with Crippen molar-refractivity contribution in [2.24, 2.45) is 17.8 Å². The van der Waals surface area contributed by atoms with Crippen molar-refractivity contribution in [1.82, 2.24) is 0 Å². The summed E-state index contributed by atoms with van der Waals surface area (Å²) >= 11 is 6.04. The standard InChI is InChI=1S/C16H15ClO6S/c1-24(21,22)23-10-4-5-11(12(17)7-10)16(20)13-14(18)8-2-3-9(6-8)15(13)19/h4-5,7-9,13H,2-3,6H2,1H3. The van der Waals surface area contributed by atoms with Crippen LogP contribution in [0.15, 0.2) is 18.2 Å². The summed E-state index contributed by atoms with van der Waals surface area (Å²) in [5.41, 5.74) is 0.0190. The predicted octanol–water partition coefficient (Wildman–Crippen LogP) is 2.05. The molecule has 2 aliphatic carbocycles. The van der Waals surface area contributed by atoms with Crippen molar-refractivity contribution in [3.8, 4) is 5.75 Å². The van der Waals surface area contributed by atoms with Crippen molar-refractivity contribution >= 4 is 39.1 Å². The second-order valence-corrected chi connectivity index (χ2v) is 8.22. The van der Waals surface area contributed by atoms with E-state index in [1.165, 1.54) is 18.2 Å². The van der Waals surface area contributed by atoms with Gasteiger partial charge in [0.15, 0.2) is 17.3 Å². The first-order chi connectivity index (χ1) is 11.2. The fourth-order valence-corrected chi connectivity index (χ4v) is 4.16. The molecular formula is C16H15ClO6S. The maximum Gasteiger partial charge on any atom is 0.306 e. The van der Waals surface area contributed by atoms with Gasteiger partial charge in [0.2, 0.25) is 0 Å². The number of benzene rings is 1. The molecule has 2 saturated carbocycles. The van der Waals surface area contributed by atoms with Crippen molar-refractivity contribution in [3.05, 3.63) is 28.8 Å². The van der Waals surface area contributed by atoms with Gasteiger partial charge in [-0.05, 0) is 31.4 Å². The van der Waals surface area contributed by atoms with Gasteiger partial charge in [0.1, 0.15) is 11.7 Å². The molecule has 8 heteroatoms. The quantitative estimate of drug-likeness (QED) is 0.457. The summed E-state index contributed by atoms with van der Waals surface area (Å²) in [6.07, 6.45) is 2.72. The maximum absolute atomic E-state index is 12.7. The largest absolute Gasteiger partial charge is 0.383 e. The summed E-state index contributed by atoms with van der Waals surface area (Å²) in [6.45, 7) is 0. The van der Waals surface area contributed by atoms with Crippen LogP contribution in [-0.2, 0) is 19.7 Å². The normalized spacial score (nSPS) is 26.5. The molecule has 1 aromatic carbocycles. The highest BCUT2D eigenvalue weighted by atomic mass is 35.5. The molecule has 0 spiro atoms. The van der Waals surface area contributed by atoms with E-state index in [1.54, 1.807) is 0 Å². The molecule has 3 rings (SSSR count). The van der Waals surface area contributed by atoms with Crippen LogP contribution in [-0.4, -0.2) is 32.0 Å². The SMILES string of the molecule is CS(=O)(=O)Oc1ccc(C(=O)C2C(=O)C3CCC(C3)C2=O)c(Cl)c1. The number of hydrogen-bond donors (Lipinski definition) is 0. The lowest BCUT2D eigenvalue weighted by atomic mass is 9.75. The van der Waals surface area contributed by atoms with Gasteiger partial charge in [-0.3, -0.25) is 14.4 Å². The number of carbonyl (C=O) groups excluding carboxylic acids is 3.